The van der Waals surface area contributed by atoms with Crippen molar-refractivity contribution in [2.45, 2.75) is 26.3 Å². The predicted molar refractivity (Wildman–Crippen MR) is 72.0 cm³/mol. The molecular weight excluding hydrogens is 266 g/mol. The van der Waals surface area contributed by atoms with Crippen molar-refractivity contribution in [1.29, 1.82) is 0 Å². The molecule has 0 spiro atoms. The Labute approximate surface area is 114 Å². The minimum absolute atomic E-state index is 0.00940. The van der Waals surface area contributed by atoms with Crippen molar-refractivity contribution in [3.63, 3.8) is 0 Å². The summed E-state index contributed by atoms with van der Waals surface area (Å²) in [7, 11) is 0. The third-order valence-electron chi connectivity index (χ3n) is 2.18. The Morgan fingerprint density at radius 1 is 1.30 bits per heavy atom. The molecule has 0 aliphatic rings. The molecule has 0 unspecified atom stereocenters. The fourth-order valence-electron chi connectivity index (χ4n) is 1.43. The van der Waals surface area contributed by atoms with E-state index in [-0.39, 0.29) is 16.9 Å². The van der Waals surface area contributed by atoms with Gasteiger partial charge in [-0.15, -0.1) is 0 Å². The van der Waals surface area contributed by atoms with E-state index in [0.29, 0.717) is 0 Å². The first kappa shape index (κ1) is 15.4. The van der Waals surface area contributed by atoms with Crippen molar-refractivity contribution in [2.75, 3.05) is 5.32 Å². The molecule has 20 heavy (non-hydrogen) atoms. The van der Waals surface area contributed by atoms with E-state index in [2.05, 4.69) is 10.6 Å². The second kappa shape index (κ2) is 5.55. The van der Waals surface area contributed by atoms with Crippen LogP contribution in [0, 0.1) is 10.1 Å². The zero-order valence-corrected chi connectivity index (χ0v) is 11.3. The van der Waals surface area contributed by atoms with Crippen LogP contribution in [0.15, 0.2) is 18.2 Å². The first-order chi connectivity index (χ1) is 9.10. The molecule has 0 fully saturated rings. The first-order valence-corrected chi connectivity index (χ1v) is 5.71. The number of amides is 2. The van der Waals surface area contributed by atoms with E-state index in [0.717, 1.165) is 12.1 Å². The summed E-state index contributed by atoms with van der Waals surface area (Å²) in [5.41, 5.74) is -1.20. The molecule has 0 aliphatic heterocycles. The van der Waals surface area contributed by atoms with E-state index in [4.69, 9.17) is 5.11 Å². The molecule has 1 aromatic rings. The van der Waals surface area contributed by atoms with Crippen LogP contribution in [0.25, 0.3) is 0 Å². The number of carbonyl (C=O) groups is 2. The summed E-state index contributed by atoms with van der Waals surface area (Å²) in [5, 5.41) is 24.6. The maximum Gasteiger partial charge on any atom is 0.338 e. The van der Waals surface area contributed by atoms with Gasteiger partial charge in [0.05, 0.1) is 16.2 Å². The number of nitrogens with one attached hydrogen (secondary N) is 2. The molecule has 0 aromatic heterocycles. The maximum atomic E-state index is 11.7. The molecule has 2 amide bonds. The van der Waals surface area contributed by atoms with Gasteiger partial charge in [0.15, 0.2) is 0 Å². The molecule has 0 heterocycles. The number of hydrogen-bond acceptors (Lipinski definition) is 4. The molecule has 0 atom stereocenters. The lowest BCUT2D eigenvalue weighted by Gasteiger charge is -2.21. The van der Waals surface area contributed by atoms with Crippen molar-refractivity contribution in [3.05, 3.63) is 33.9 Å². The molecule has 0 saturated heterocycles. The molecule has 0 saturated carbocycles. The number of anilines is 1. The minimum Gasteiger partial charge on any atom is -0.478 e. The Kier molecular flexibility index (Phi) is 4.28. The Morgan fingerprint density at radius 2 is 1.90 bits per heavy atom. The normalized spacial score (nSPS) is 10.8. The summed E-state index contributed by atoms with van der Waals surface area (Å²) in [5.74, 6) is -1.36. The van der Waals surface area contributed by atoms with Crippen LogP contribution in [0.5, 0.6) is 0 Å². The standard InChI is InChI=1S/C12H15N3O5/c1-12(2,3)14-11(18)13-9-5-4-7(15(19)20)6-8(9)10(16)17/h4-6H,1-3H3,(H,16,17)(H2,13,14,18). The monoisotopic (exact) mass is 281 g/mol. The van der Waals surface area contributed by atoms with Gasteiger partial charge in [-0.25, -0.2) is 9.59 Å². The maximum absolute atomic E-state index is 11.7. The van der Waals surface area contributed by atoms with E-state index in [1.165, 1.54) is 6.07 Å². The highest BCUT2D eigenvalue weighted by Gasteiger charge is 2.19. The fourth-order valence-corrected chi connectivity index (χ4v) is 1.43. The molecule has 3 N–H and O–H groups in total. The van der Waals surface area contributed by atoms with Gasteiger partial charge in [-0.2, -0.15) is 0 Å². The fraction of sp³-hybridized carbons (Fsp3) is 0.333. The third-order valence-corrected chi connectivity index (χ3v) is 2.18. The number of carboxylic acid groups (broad SMARTS) is 1. The van der Waals surface area contributed by atoms with Gasteiger partial charge < -0.3 is 15.7 Å². The number of hydrogen-bond donors (Lipinski definition) is 3. The molecule has 0 radical (unpaired) electrons. The quantitative estimate of drug-likeness (QED) is 0.579. The van der Waals surface area contributed by atoms with Gasteiger partial charge in [0.2, 0.25) is 0 Å². The number of carbonyl (C=O) groups excluding carboxylic acids is 1. The van der Waals surface area contributed by atoms with Crippen LogP contribution in [-0.4, -0.2) is 27.6 Å². The second-order valence-electron chi connectivity index (χ2n) is 5.12. The number of carboxylic acids is 1. The van der Waals surface area contributed by atoms with Gasteiger partial charge in [-0.3, -0.25) is 10.1 Å². The Balaban J connectivity index is 3.03. The lowest BCUT2D eigenvalue weighted by atomic mass is 10.1. The summed E-state index contributed by atoms with van der Waals surface area (Å²) < 4.78 is 0. The van der Waals surface area contributed by atoms with Gasteiger partial charge in [0.25, 0.3) is 5.69 Å². The van der Waals surface area contributed by atoms with E-state index >= 15 is 0 Å². The molecule has 108 valence electrons. The van der Waals surface area contributed by atoms with Crippen LogP contribution in [-0.2, 0) is 0 Å². The van der Waals surface area contributed by atoms with Gasteiger partial charge in [0, 0.05) is 17.7 Å². The number of nitro groups is 1. The van der Waals surface area contributed by atoms with Gasteiger partial charge in [0.1, 0.15) is 0 Å². The van der Waals surface area contributed by atoms with Crippen molar-refractivity contribution in [1.82, 2.24) is 5.32 Å². The van der Waals surface area contributed by atoms with Crippen LogP contribution < -0.4 is 10.6 Å². The molecular formula is C12H15N3O5. The summed E-state index contributed by atoms with van der Waals surface area (Å²) >= 11 is 0. The zero-order valence-electron chi connectivity index (χ0n) is 11.3. The minimum atomic E-state index is -1.36. The first-order valence-electron chi connectivity index (χ1n) is 5.71. The van der Waals surface area contributed by atoms with Crippen LogP contribution in [0.3, 0.4) is 0 Å². The van der Waals surface area contributed by atoms with Crippen LogP contribution in [0.4, 0.5) is 16.2 Å². The smallest absolute Gasteiger partial charge is 0.338 e. The highest BCUT2D eigenvalue weighted by Crippen LogP contribution is 2.22. The van der Waals surface area contributed by atoms with Crippen molar-refractivity contribution in [2.24, 2.45) is 0 Å². The van der Waals surface area contributed by atoms with Crippen molar-refractivity contribution < 1.29 is 19.6 Å². The molecule has 1 rings (SSSR count). The van der Waals surface area contributed by atoms with Gasteiger partial charge in [-0.05, 0) is 26.8 Å². The molecule has 0 aliphatic carbocycles. The summed E-state index contributed by atoms with van der Waals surface area (Å²) in [6.45, 7) is 5.29. The highest BCUT2D eigenvalue weighted by molar-refractivity contribution is 6.00. The zero-order chi connectivity index (χ0) is 15.5. The predicted octanol–water partition coefficient (Wildman–Crippen LogP) is 2.21. The number of nitro benzene ring substituents is 1. The number of nitrogens with zero attached hydrogens (tertiary/aromatic N) is 1. The van der Waals surface area contributed by atoms with Gasteiger partial charge >= 0.3 is 12.0 Å². The second-order valence-corrected chi connectivity index (χ2v) is 5.12. The number of benzene rings is 1. The summed E-state index contributed by atoms with van der Waals surface area (Å²) in [6, 6.07) is 2.62. The van der Waals surface area contributed by atoms with Crippen molar-refractivity contribution in [3.8, 4) is 0 Å². The Hall–Kier alpha value is -2.64. The topological polar surface area (TPSA) is 122 Å². The number of urea groups is 1. The number of aromatic carboxylic acids is 1. The summed E-state index contributed by atoms with van der Waals surface area (Å²) in [4.78, 5) is 32.6. The number of non-ortho nitro benzene ring substituents is 1. The van der Waals surface area contributed by atoms with Crippen LogP contribution in [0.1, 0.15) is 31.1 Å². The highest BCUT2D eigenvalue weighted by atomic mass is 16.6. The Bertz CT molecular complexity index is 563. The summed E-state index contributed by atoms with van der Waals surface area (Å²) in [6.07, 6.45) is 0. The van der Waals surface area contributed by atoms with Crippen molar-refractivity contribution >= 4 is 23.4 Å². The van der Waals surface area contributed by atoms with E-state index in [1.54, 1.807) is 20.8 Å². The molecule has 1 aromatic carbocycles. The lowest BCUT2D eigenvalue weighted by Crippen LogP contribution is -2.43. The third kappa shape index (κ3) is 4.23. The van der Waals surface area contributed by atoms with Crippen LogP contribution in [0.2, 0.25) is 0 Å². The Morgan fingerprint density at radius 3 is 2.35 bits per heavy atom. The van der Waals surface area contributed by atoms with E-state index in [1.807, 2.05) is 0 Å². The molecule has 8 nitrogen and oxygen atoms in total. The largest absolute Gasteiger partial charge is 0.478 e. The average Bonchev–Trinajstić information content (AvgIpc) is 2.25. The molecule has 8 heteroatoms. The average molecular weight is 281 g/mol. The van der Waals surface area contributed by atoms with Crippen LogP contribution >= 0.6 is 0 Å². The lowest BCUT2D eigenvalue weighted by molar-refractivity contribution is -0.384. The van der Waals surface area contributed by atoms with Gasteiger partial charge in [-0.1, -0.05) is 0 Å². The molecule has 0 bridgehead atoms. The van der Waals surface area contributed by atoms with E-state index < -0.39 is 22.5 Å². The van der Waals surface area contributed by atoms with E-state index in [9.17, 15) is 19.7 Å². The SMILES string of the molecule is CC(C)(C)NC(=O)Nc1ccc([N+](=O)[O-])cc1C(=O)O. The number of rotatable bonds is 3.